The minimum Gasteiger partial charge on any atom is -0.504 e. The first-order chi connectivity index (χ1) is 16.2. The summed E-state index contributed by atoms with van der Waals surface area (Å²) in [4.78, 5) is 23.5. The van der Waals surface area contributed by atoms with Crippen molar-refractivity contribution < 1.29 is 49.0 Å². The van der Waals surface area contributed by atoms with E-state index in [1.54, 1.807) is 6.07 Å². The van der Waals surface area contributed by atoms with Crippen LogP contribution < -0.4 is 9.47 Å². The number of carbonyl (C=O) groups excluding carboxylic acids is 2. The normalized spacial score (nSPS) is 24.6. The molecule has 0 amide bonds. The Kier molecular flexibility index (Phi) is 8.24. The fourth-order valence-electron chi connectivity index (χ4n) is 3.23. The van der Waals surface area contributed by atoms with E-state index in [0.717, 1.165) is 6.08 Å². The summed E-state index contributed by atoms with van der Waals surface area (Å²) in [7, 11) is 1.40. The minimum absolute atomic E-state index is 0.0435. The lowest BCUT2D eigenvalue weighted by molar-refractivity contribution is -0.278. The van der Waals surface area contributed by atoms with Crippen LogP contribution in [0, 0.1) is 0 Å². The van der Waals surface area contributed by atoms with Crippen molar-refractivity contribution in [3.8, 4) is 17.2 Å². The molecule has 0 aliphatic carbocycles. The first-order valence-electron chi connectivity index (χ1n) is 10.4. The number of aromatic hydroxyl groups is 1. The standard InChI is InChI=1S/C24H26O10/c1-13(25)15-5-7-16(8-6-15)33-24-23(30)22(29)21(28)19(34-24)12-32-20(27)10-4-14-3-9-17(26)18(11-14)31-2/h3-11,19,21-24,26,28-30H,12H2,1-2H3. The van der Waals surface area contributed by atoms with Gasteiger partial charge in [0.25, 0.3) is 0 Å². The zero-order valence-corrected chi connectivity index (χ0v) is 18.5. The summed E-state index contributed by atoms with van der Waals surface area (Å²) in [5.41, 5.74) is 1.04. The molecule has 1 fully saturated rings. The maximum atomic E-state index is 12.1. The van der Waals surface area contributed by atoms with Crippen molar-refractivity contribution in [3.05, 3.63) is 59.7 Å². The third-order valence-electron chi connectivity index (χ3n) is 5.19. The highest BCUT2D eigenvalue weighted by molar-refractivity contribution is 5.94. The maximum absolute atomic E-state index is 12.1. The van der Waals surface area contributed by atoms with Crippen molar-refractivity contribution >= 4 is 17.8 Å². The van der Waals surface area contributed by atoms with E-state index in [1.165, 1.54) is 56.5 Å². The Hall–Kier alpha value is -3.44. The van der Waals surface area contributed by atoms with Crippen molar-refractivity contribution in [3.63, 3.8) is 0 Å². The molecule has 10 heteroatoms. The summed E-state index contributed by atoms with van der Waals surface area (Å²) in [6, 6.07) is 10.6. The number of aliphatic hydroxyl groups excluding tert-OH is 3. The lowest BCUT2D eigenvalue weighted by Crippen LogP contribution is -2.60. The minimum atomic E-state index is -1.61. The zero-order chi connectivity index (χ0) is 24.8. The Balaban J connectivity index is 1.59. The highest BCUT2D eigenvalue weighted by Crippen LogP contribution is 2.27. The average molecular weight is 474 g/mol. The summed E-state index contributed by atoms with van der Waals surface area (Å²) in [6.45, 7) is 1.00. The molecule has 3 rings (SSSR count). The lowest BCUT2D eigenvalue weighted by Gasteiger charge is -2.39. The molecule has 2 aromatic carbocycles. The fraction of sp³-hybridized carbons (Fsp3) is 0.333. The number of hydrogen-bond acceptors (Lipinski definition) is 10. The highest BCUT2D eigenvalue weighted by Gasteiger charge is 2.45. The van der Waals surface area contributed by atoms with Gasteiger partial charge in [-0.15, -0.1) is 0 Å². The van der Waals surface area contributed by atoms with Crippen LogP contribution in [0.2, 0.25) is 0 Å². The molecule has 10 nitrogen and oxygen atoms in total. The van der Waals surface area contributed by atoms with Gasteiger partial charge in [-0.1, -0.05) is 6.07 Å². The van der Waals surface area contributed by atoms with Gasteiger partial charge in [0, 0.05) is 11.6 Å². The third kappa shape index (κ3) is 6.12. The fourth-order valence-corrected chi connectivity index (χ4v) is 3.23. The van der Waals surface area contributed by atoms with Crippen LogP contribution in [0.4, 0.5) is 0 Å². The topological polar surface area (TPSA) is 152 Å². The summed E-state index contributed by atoms with van der Waals surface area (Å²) in [5, 5.41) is 40.2. The third-order valence-corrected chi connectivity index (χ3v) is 5.19. The van der Waals surface area contributed by atoms with Crippen LogP contribution in [0.3, 0.4) is 0 Å². The molecule has 5 unspecified atom stereocenters. The smallest absolute Gasteiger partial charge is 0.330 e. The predicted molar refractivity (Wildman–Crippen MR) is 118 cm³/mol. The Labute approximate surface area is 195 Å². The number of aliphatic hydroxyl groups is 3. The second-order valence-electron chi connectivity index (χ2n) is 7.61. The summed E-state index contributed by atoms with van der Waals surface area (Å²) < 4.78 is 21.2. The molecule has 0 spiro atoms. The van der Waals surface area contributed by atoms with E-state index in [4.69, 9.17) is 18.9 Å². The molecule has 0 bridgehead atoms. The monoisotopic (exact) mass is 474 g/mol. The summed E-state index contributed by atoms with van der Waals surface area (Å²) >= 11 is 0. The van der Waals surface area contributed by atoms with E-state index in [9.17, 15) is 30.0 Å². The Morgan fingerprint density at radius 2 is 1.74 bits per heavy atom. The SMILES string of the molecule is COc1cc(C=CC(=O)OCC2OC(Oc3ccc(C(C)=O)cc3)C(O)C(O)C2O)ccc1O. The molecule has 1 saturated heterocycles. The summed E-state index contributed by atoms with van der Waals surface area (Å²) in [5.74, 6) is -0.414. The van der Waals surface area contributed by atoms with Gasteiger partial charge in [-0.25, -0.2) is 4.79 Å². The van der Waals surface area contributed by atoms with Crippen LogP contribution in [0.5, 0.6) is 17.2 Å². The first-order valence-corrected chi connectivity index (χ1v) is 10.4. The molecule has 2 aromatic rings. The number of esters is 1. The van der Waals surface area contributed by atoms with Gasteiger partial charge in [0.1, 0.15) is 36.8 Å². The quantitative estimate of drug-likeness (QED) is 0.248. The van der Waals surface area contributed by atoms with Crippen LogP contribution in [0.25, 0.3) is 6.08 Å². The van der Waals surface area contributed by atoms with Gasteiger partial charge in [-0.05, 0) is 55.0 Å². The van der Waals surface area contributed by atoms with Crippen molar-refractivity contribution in [2.24, 2.45) is 0 Å². The number of carbonyl (C=O) groups is 2. The van der Waals surface area contributed by atoms with E-state index < -0.39 is 43.3 Å². The highest BCUT2D eigenvalue weighted by atomic mass is 16.7. The molecule has 5 atom stereocenters. The van der Waals surface area contributed by atoms with E-state index >= 15 is 0 Å². The number of phenols is 1. The second-order valence-corrected chi connectivity index (χ2v) is 7.61. The molecule has 1 aliphatic rings. The molecule has 0 aromatic heterocycles. The Bertz CT molecular complexity index is 1030. The molecule has 1 aliphatic heterocycles. The number of ether oxygens (including phenoxy) is 4. The van der Waals surface area contributed by atoms with Crippen LogP contribution in [0.15, 0.2) is 48.5 Å². The lowest BCUT2D eigenvalue weighted by atomic mass is 9.99. The number of hydrogen-bond donors (Lipinski definition) is 4. The van der Waals surface area contributed by atoms with E-state index in [1.807, 2.05) is 0 Å². The van der Waals surface area contributed by atoms with Gasteiger partial charge in [-0.3, -0.25) is 4.79 Å². The van der Waals surface area contributed by atoms with E-state index in [2.05, 4.69) is 0 Å². The molecule has 0 radical (unpaired) electrons. The van der Waals surface area contributed by atoms with Crippen LogP contribution >= 0.6 is 0 Å². The van der Waals surface area contributed by atoms with Crippen molar-refractivity contribution in [1.29, 1.82) is 0 Å². The molecular formula is C24H26O10. The number of phenolic OH excluding ortho intramolecular Hbond substituents is 1. The van der Waals surface area contributed by atoms with Crippen molar-refractivity contribution in [1.82, 2.24) is 0 Å². The van der Waals surface area contributed by atoms with E-state index in [0.29, 0.717) is 11.1 Å². The zero-order valence-electron chi connectivity index (χ0n) is 18.5. The predicted octanol–water partition coefficient (Wildman–Crippen LogP) is 1.05. The van der Waals surface area contributed by atoms with Gasteiger partial charge in [0.15, 0.2) is 17.3 Å². The van der Waals surface area contributed by atoms with Crippen LogP contribution in [-0.4, -0.2) is 76.6 Å². The molecule has 0 saturated carbocycles. The number of ketones is 1. The van der Waals surface area contributed by atoms with Gasteiger partial charge in [0.05, 0.1) is 7.11 Å². The van der Waals surface area contributed by atoms with E-state index in [-0.39, 0.29) is 23.0 Å². The number of methoxy groups -OCH3 is 1. The maximum Gasteiger partial charge on any atom is 0.330 e. The van der Waals surface area contributed by atoms with Crippen LogP contribution in [0.1, 0.15) is 22.8 Å². The summed E-state index contributed by atoms with van der Waals surface area (Å²) in [6.07, 6.45) is -4.67. The molecule has 1 heterocycles. The van der Waals surface area contributed by atoms with Gasteiger partial charge < -0.3 is 39.4 Å². The first kappa shape index (κ1) is 25.2. The van der Waals surface area contributed by atoms with Crippen molar-refractivity contribution in [2.45, 2.75) is 37.6 Å². The number of rotatable bonds is 8. The van der Waals surface area contributed by atoms with Crippen molar-refractivity contribution in [2.75, 3.05) is 13.7 Å². The second kappa shape index (κ2) is 11.1. The largest absolute Gasteiger partial charge is 0.504 e. The van der Waals surface area contributed by atoms with Crippen LogP contribution in [-0.2, 0) is 14.3 Å². The molecule has 34 heavy (non-hydrogen) atoms. The molecule has 4 N–H and O–H groups in total. The van der Waals surface area contributed by atoms with Gasteiger partial charge >= 0.3 is 5.97 Å². The Morgan fingerprint density at radius 3 is 2.38 bits per heavy atom. The average Bonchev–Trinajstić information content (AvgIpc) is 2.83. The van der Waals surface area contributed by atoms with Gasteiger partial charge in [-0.2, -0.15) is 0 Å². The van der Waals surface area contributed by atoms with Gasteiger partial charge in [0.2, 0.25) is 6.29 Å². The number of benzene rings is 2. The molecule has 182 valence electrons. The molecular weight excluding hydrogens is 448 g/mol. The Morgan fingerprint density at radius 1 is 1.03 bits per heavy atom. The number of Topliss-reactive ketones (excluding diaryl/α,β-unsaturated/α-hetero) is 1.